The number of fused-ring (bicyclic) bond motifs is 1. The summed E-state index contributed by atoms with van der Waals surface area (Å²) in [5, 5.41) is 7.46. The Hall–Kier alpha value is -1.18. The largest absolute Gasteiger partial charge is 0.379 e. The molecule has 0 aromatic heterocycles. The van der Waals surface area contributed by atoms with E-state index in [-0.39, 0.29) is 0 Å². The van der Waals surface area contributed by atoms with Crippen LogP contribution in [0.5, 0.6) is 0 Å². The van der Waals surface area contributed by atoms with Crippen LogP contribution in [0, 0.1) is 0 Å². The van der Waals surface area contributed by atoms with Gasteiger partial charge in [0.1, 0.15) is 0 Å². The van der Waals surface area contributed by atoms with Gasteiger partial charge in [0.2, 0.25) is 0 Å². The topological polar surface area (TPSA) is 24.1 Å². The lowest BCUT2D eigenvalue weighted by Gasteiger charge is -2.36. The van der Waals surface area contributed by atoms with Crippen molar-refractivity contribution in [1.82, 2.24) is 0 Å². The molecular weight excluding hydrogens is 220 g/mol. The Morgan fingerprint density at radius 3 is 1.67 bits per heavy atom. The first-order valence-electron chi connectivity index (χ1n) is 7.47. The van der Waals surface area contributed by atoms with E-state index in [1.54, 1.807) is 0 Å². The van der Waals surface area contributed by atoms with E-state index in [0.717, 1.165) is 0 Å². The first-order chi connectivity index (χ1) is 8.85. The first-order valence-corrected chi connectivity index (χ1v) is 7.47. The number of rotatable bonds is 6. The highest BCUT2D eigenvalue weighted by Gasteiger charge is 2.25. The second-order valence-corrected chi connectivity index (χ2v) is 5.33. The van der Waals surface area contributed by atoms with Gasteiger partial charge in [0.15, 0.2) is 0 Å². The smallest absolute Gasteiger partial charge is 0.0578 e. The van der Waals surface area contributed by atoms with Crippen molar-refractivity contribution in [2.75, 3.05) is 10.6 Å². The summed E-state index contributed by atoms with van der Waals surface area (Å²) >= 11 is 0. The van der Waals surface area contributed by atoms with Crippen molar-refractivity contribution >= 4 is 11.4 Å². The van der Waals surface area contributed by atoms with Crippen LogP contribution in [0.2, 0.25) is 0 Å². The van der Waals surface area contributed by atoms with Crippen LogP contribution in [0.1, 0.15) is 52.4 Å². The highest BCUT2D eigenvalue weighted by molar-refractivity contribution is 5.71. The van der Waals surface area contributed by atoms with E-state index in [1.165, 1.54) is 49.9 Å². The van der Waals surface area contributed by atoms with E-state index in [2.05, 4.69) is 48.7 Å². The van der Waals surface area contributed by atoms with Gasteiger partial charge in [-0.2, -0.15) is 0 Å². The molecular formula is C16H26N2. The number of para-hydroxylation sites is 2. The molecule has 2 atom stereocenters. The van der Waals surface area contributed by atoms with Crippen LogP contribution < -0.4 is 10.6 Å². The SMILES string of the molecule is CCCCC1Nc2ccccc2NC1CCCC. The van der Waals surface area contributed by atoms with Gasteiger partial charge in [0.25, 0.3) is 0 Å². The summed E-state index contributed by atoms with van der Waals surface area (Å²) in [4.78, 5) is 0. The van der Waals surface area contributed by atoms with E-state index < -0.39 is 0 Å². The fourth-order valence-corrected chi connectivity index (χ4v) is 2.73. The van der Waals surface area contributed by atoms with Crippen molar-refractivity contribution in [3.63, 3.8) is 0 Å². The third-order valence-electron chi connectivity index (χ3n) is 3.83. The summed E-state index contributed by atoms with van der Waals surface area (Å²) in [6.45, 7) is 4.54. The molecule has 1 aliphatic rings. The summed E-state index contributed by atoms with van der Waals surface area (Å²) in [6.07, 6.45) is 7.72. The zero-order valence-electron chi connectivity index (χ0n) is 11.7. The fourth-order valence-electron chi connectivity index (χ4n) is 2.73. The first kappa shape index (κ1) is 13.3. The number of unbranched alkanes of at least 4 members (excludes halogenated alkanes) is 2. The Balaban J connectivity index is 2.06. The normalized spacial score (nSPS) is 21.9. The van der Waals surface area contributed by atoms with Gasteiger partial charge in [0, 0.05) is 12.1 Å². The fraction of sp³-hybridized carbons (Fsp3) is 0.625. The molecule has 0 spiro atoms. The van der Waals surface area contributed by atoms with Crippen LogP contribution in [0.15, 0.2) is 24.3 Å². The molecule has 2 heteroatoms. The summed E-state index contributed by atoms with van der Waals surface area (Å²) in [5.74, 6) is 0. The quantitative estimate of drug-likeness (QED) is 0.764. The second-order valence-electron chi connectivity index (χ2n) is 5.33. The Kier molecular flexibility index (Phi) is 4.91. The Labute approximate surface area is 111 Å². The zero-order chi connectivity index (χ0) is 12.8. The summed E-state index contributed by atoms with van der Waals surface area (Å²) in [5.41, 5.74) is 2.54. The van der Waals surface area contributed by atoms with Gasteiger partial charge >= 0.3 is 0 Å². The van der Waals surface area contributed by atoms with Crippen LogP contribution in [0.4, 0.5) is 11.4 Å². The van der Waals surface area contributed by atoms with Crippen molar-refractivity contribution in [3.05, 3.63) is 24.3 Å². The lowest BCUT2D eigenvalue weighted by Crippen LogP contribution is -2.43. The molecule has 0 saturated carbocycles. The lowest BCUT2D eigenvalue weighted by molar-refractivity contribution is 0.484. The van der Waals surface area contributed by atoms with Crippen LogP contribution in [-0.4, -0.2) is 12.1 Å². The summed E-state index contributed by atoms with van der Waals surface area (Å²) in [7, 11) is 0. The molecule has 2 unspecified atom stereocenters. The number of benzene rings is 1. The standard InChI is InChI=1S/C16H26N2/c1-3-5-9-13-14(10-6-4-2)18-16-12-8-7-11-15(16)17-13/h7-8,11-14,17-18H,3-6,9-10H2,1-2H3. The third kappa shape index (κ3) is 3.18. The van der Waals surface area contributed by atoms with Crippen molar-refractivity contribution in [3.8, 4) is 0 Å². The molecule has 1 aromatic rings. The monoisotopic (exact) mass is 246 g/mol. The highest BCUT2D eigenvalue weighted by Crippen LogP contribution is 2.31. The zero-order valence-corrected chi connectivity index (χ0v) is 11.7. The van der Waals surface area contributed by atoms with Gasteiger partial charge in [0.05, 0.1) is 11.4 Å². The molecule has 0 fully saturated rings. The van der Waals surface area contributed by atoms with E-state index in [4.69, 9.17) is 0 Å². The maximum atomic E-state index is 3.73. The Morgan fingerprint density at radius 2 is 1.28 bits per heavy atom. The van der Waals surface area contributed by atoms with E-state index >= 15 is 0 Å². The van der Waals surface area contributed by atoms with Gasteiger partial charge in [-0.3, -0.25) is 0 Å². The van der Waals surface area contributed by atoms with Crippen molar-refractivity contribution < 1.29 is 0 Å². The maximum Gasteiger partial charge on any atom is 0.0578 e. The van der Waals surface area contributed by atoms with Gasteiger partial charge in [-0.15, -0.1) is 0 Å². The molecule has 1 heterocycles. The van der Waals surface area contributed by atoms with Crippen LogP contribution >= 0.6 is 0 Å². The molecule has 0 aliphatic carbocycles. The van der Waals surface area contributed by atoms with Crippen molar-refractivity contribution in [1.29, 1.82) is 0 Å². The Morgan fingerprint density at radius 1 is 0.833 bits per heavy atom. The van der Waals surface area contributed by atoms with Gasteiger partial charge in [-0.05, 0) is 25.0 Å². The molecule has 1 aliphatic heterocycles. The number of hydrogen-bond acceptors (Lipinski definition) is 2. The molecule has 0 bridgehead atoms. The summed E-state index contributed by atoms with van der Waals surface area (Å²) in [6, 6.07) is 9.75. The number of nitrogens with one attached hydrogen (secondary N) is 2. The second kappa shape index (κ2) is 6.67. The van der Waals surface area contributed by atoms with Gasteiger partial charge in [-0.1, -0.05) is 51.7 Å². The van der Waals surface area contributed by atoms with Gasteiger partial charge < -0.3 is 10.6 Å². The number of hydrogen-bond donors (Lipinski definition) is 2. The molecule has 2 nitrogen and oxygen atoms in total. The van der Waals surface area contributed by atoms with Crippen LogP contribution in [0.3, 0.4) is 0 Å². The Bertz CT molecular complexity index is 327. The third-order valence-corrected chi connectivity index (χ3v) is 3.83. The van der Waals surface area contributed by atoms with Gasteiger partial charge in [-0.25, -0.2) is 0 Å². The lowest BCUT2D eigenvalue weighted by atomic mass is 9.94. The van der Waals surface area contributed by atoms with Crippen LogP contribution in [-0.2, 0) is 0 Å². The minimum absolute atomic E-state index is 0.589. The average Bonchev–Trinajstić information content (AvgIpc) is 2.42. The van der Waals surface area contributed by atoms with Crippen molar-refractivity contribution in [2.24, 2.45) is 0 Å². The molecule has 100 valence electrons. The predicted molar refractivity (Wildman–Crippen MR) is 80.3 cm³/mol. The van der Waals surface area contributed by atoms with E-state index in [9.17, 15) is 0 Å². The average molecular weight is 246 g/mol. The van der Waals surface area contributed by atoms with Crippen LogP contribution in [0.25, 0.3) is 0 Å². The minimum atomic E-state index is 0.589. The molecule has 0 radical (unpaired) electrons. The van der Waals surface area contributed by atoms with Crippen molar-refractivity contribution in [2.45, 2.75) is 64.5 Å². The highest BCUT2D eigenvalue weighted by atomic mass is 15.1. The van der Waals surface area contributed by atoms with E-state index in [1.807, 2.05) is 0 Å². The molecule has 2 rings (SSSR count). The molecule has 2 N–H and O–H groups in total. The predicted octanol–water partition coefficient (Wildman–Crippen LogP) is 4.64. The molecule has 1 aromatic carbocycles. The molecule has 0 amide bonds. The van der Waals surface area contributed by atoms with E-state index in [0.29, 0.717) is 12.1 Å². The minimum Gasteiger partial charge on any atom is -0.379 e. The summed E-state index contributed by atoms with van der Waals surface area (Å²) < 4.78 is 0. The molecule has 0 saturated heterocycles. The number of anilines is 2. The maximum absolute atomic E-state index is 3.73. The molecule has 18 heavy (non-hydrogen) atoms.